The minimum Gasteiger partial charge on any atom is -0.348 e. The van der Waals surface area contributed by atoms with E-state index in [-0.39, 0.29) is 11.9 Å². The van der Waals surface area contributed by atoms with E-state index >= 15 is 0 Å². The summed E-state index contributed by atoms with van der Waals surface area (Å²) in [6, 6.07) is 5.19. The fourth-order valence-electron chi connectivity index (χ4n) is 1.53. The first kappa shape index (κ1) is 14.5. The van der Waals surface area contributed by atoms with E-state index in [0.717, 1.165) is 17.3 Å². The lowest BCUT2D eigenvalue weighted by molar-refractivity contribution is 0.0936. The van der Waals surface area contributed by atoms with E-state index in [0.29, 0.717) is 17.1 Å². The molecule has 3 N–H and O–H groups in total. The number of carbonyl (C=O) groups is 1. The van der Waals surface area contributed by atoms with Crippen LogP contribution >= 0.6 is 27.5 Å². The summed E-state index contributed by atoms with van der Waals surface area (Å²) in [6.07, 6.45) is 1.85. The molecular formula is C12H16BrClN2O. The van der Waals surface area contributed by atoms with Crippen molar-refractivity contribution in [2.75, 3.05) is 6.54 Å². The average Bonchev–Trinajstić information content (AvgIpc) is 2.28. The van der Waals surface area contributed by atoms with Crippen LogP contribution in [-0.2, 0) is 0 Å². The van der Waals surface area contributed by atoms with Crippen molar-refractivity contribution in [1.82, 2.24) is 5.32 Å². The summed E-state index contributed by atoms with van der Waals surface area (Å²) < 4.78 is 0.850. The van der Waals surface area contributed by atoms with Gasteiger partial charge in [-0.2, -0.15) is 0 Å². The van der Waals surface area contributed by atoms with Gasteiger partial charge in [0.2, 0.25) is 0 Å². The van der Waals surface area contributed by atoms with Crippen molar-refractivity contribution in [3.63, 3.8) is 0 Å². The molecule has 1 unspecified atom stereocenters. The van der Waals surface area contributed by atoms with Crippen LogP contribution in [0.3, 0.4) is 0 Å². The molecule has 0 heterocycles. The Labute approximate surface area is 115 Å². The largest absolute Gasteiger partial charge is 0.348 e. The number of halogens is 2. The number of carbonyl (C=O) groups excluding carboxylic acids is 1. The third-order valence-electron chi connectivity index (χ3n) is 2.43. The molecule has 0 saturated carbocycles. The van der Waals surface area contributed by atoms with Crippen LogP contribution in [0.15, 0.2) is 22.7 Å². The molecule has 0 aromatic heterocycles. The highest BCUT2D eigenvalue weighted by atomic mass is 79.9. The van der Waals surface area contributed by atoms with Crippen molar-refractivity contribution in [3.8, 4) is 0 Å². The fourth-order valence-corrected chi connectivity index (χ4v) is 2.29. The predicted molar refractivity (Wildman–Crippen MR) is 74.4 cm³/mol. The number of benzene rings is 1. The molecule has 0 radical (unpaired) electrons. The molecule has 0 aliphatic carbocycles. The molecule has 0 saturated heterocycles. The maximum atomic E-state index is 12.0. The van der Waals surface area contributed by atoms with Gasteiger partial charge >= 0.3 is 0 Å². The van der Waals surface area contributed by atoms with E-state index in [1.165, 1.54) is 0 Å². The molecule has 1 aromatic rings. The molecular weight excluding hydrogens is 304 g/mol. The van der Waals surface area contributed by atoms with Crippen molar-refractivity contribution in [2.24, 2.45) is 5.73 Å². The van der Waals surface area contributed by atoms with E-state index in [1.54, 1.807) is 18.2 Å². The Hall–Kier alpha value is -0.580. The van der Waals surface area contributed by atoms with E-state index in [2.05, 4.69) is 28.2 Å². The van der Waals surface area contributed by atoms with Crippen LogP contribution in [0.25, 0.3) is 0 Å². The minimum atomic E-state index is -0.175. The lowest BCUT2D eigenvalue weighted by Gasteiger charge is -2.16. The minimum absolute atomic E-state index is 0.00668. The van der Waals surface area contributed by atoms with E-state index < -0.39 is 0 Å². The lowest BCUT2D eigenvalue weighted by atomic mass is 10.1. The number of rotatable bonds is 5. The standard InChI is InChI=1S/C12H16BrClN2O/c1-2-3-9(7-15)16-12(17)10-5-4-8(13)6-11(10)14/h4-6,9H,2-3,7,15H2,1H3,(H,16,17). The average molecular weight is 320 g/mol. The van der Waals surface area contributed by atoms with Crippen molar-refractivity contribution >= 4 is 33.4 Å². The monoisotopic (exact) mass is 318 g/mol. The number of amides is 1. The molecule has 94 valence electrons. The Balaban J connectivity index is 2.75. The third-order valence-corrected chi connectivity index (χ3v) is 3.24. The van der Waals surface area contributed by atoms with Crippen molar-refractivity contribution in [1.29, 1.82) is 0 Å². The molecule has 3 nitrogen and oxygen atoms in total. The summed E-state index contributed by atoms with van der Waals surface area (Å²) in [5, 5.41) is 3.31. The maximum absolute atomic E-state index is 12.0. The first-order valence-electron chi connectivity index (χ1n) is 5.54. The van der Waals surface area contributed by atoms with Gasteiger partial charge in [-0.1, -0.05) is 40.9 Å². The zero-order valence-corrected chi connectivity index (χ0v) is 12.0. The van der Waals surface area contributed by atoms with Gasteiger partial charge in [-0.25, -0.2) is 0 Å². The second-order valence-corrected chi connectivity index (χ2v) is 5.14. The van der Waals surface area contributed by atoms with E-state index in [4.69, 9.17) is 17.3 Å². The van der Waals surface area contributed by atoms with E-state index in [1.807, 2.05) is 0 Å². The number of hydrogen-bond acceptors (Lipinski definition) is 2. The van der Waals surface area contributed by atoms with Crippen LogP contribution in [0.1, 0.15) is 30.1 Å². The van der Waals surface area contributed by atoms with Gasteiger partial charge in [-0.3, -0.25) is 4.79 Å². The van der Waals surface area contributed by atoms with Gasteiger partial charge in [-0.05, 0) is 24.6 Å². The summed E-state index contributed by atoms with van der Waals surface area (Å²) in [5.41, 5.74) is 6.07. The quantitative estimate of drug-likeness (QED) is 0.876. The third kappa shape index (κ3) is 4.30. The molecule has 1 aromatic carbocycles. The highest BCUT2D eigenvalue weighted by Crippen LogP contribution is 2.21. The van der Waals surface area contributed by atoms with E-state index in [9.17, 15) is 4.79 Å². The molecule has 1 amide bonds. The van der Waals surface area contributed by atoms with Gasteiger partial charge in [0.1, 0.15) is 0 Å². The first-order valence-corrected chi connectivity index (χ1v) is 6.71. The van der Waals surface area contributed by atoms with Gasteiger partial charge in [0, 0.05) is 17.1 Å². The lowest BCUT2D eigenvalue weighted by Crippen LogP contribution is -2.40. The maximum Gasteiger partial charge on any atom is 0.253 e. The normalized spacial score (nSPS) is 12.2. The zero-order chi connectivity index (χ0) is 12.8. The molecule has 0 aliphatic heterocycles. The highest BCUT2D eigenvalue weighted by Gasteiger charge is 2.14. The van der Waals surface area contributed by atoms with Gasteiger partial charge in [0.25, 0.3) is 5.91 Å². The zero-order valence-electron chi connectivity index (χ0n) is 9.67. The second-order valence-electron chi connectivity index (χ2n) is 3.82. The molecule has 0 spiro atoms. The van der Waals surface area contributed by atoms with Gasteiger partial charge in [0.05, 0.1) is 10.6 Å². The summed E-state index contributed by atoms with van der Waals surface area (Å²) in [7, 11) is 0. The van der Waals surface area contributed by atoms with Crippen molar-refractivity contribution in [2.45, 2.75) is 25.8 Å². The highest BCUT2D eigenvalue weighted by molar-refractivity contribution is 9.10. The second kappa shape index (κ2) is 6.99. The van der Waals surface area contributed by atoms with Gasteiger partial charge in [0.15, 0.2) is 0 Å². The Morgan fingerprint density at radius 3 is 2.82 bits per heavy atom. The molecule has 1 rings (SSSR count). The van der Waals surface area contributed by atoms with Gasteiger partial charge < -0.3 is 11.1 Å². The number of nitrogens with one attached hydrogen (secondary N) is 1. The fraction of sp³-hybridized carbons (Fsp3) is 0.417. The first-order chi connectivity index (χ1) is 8.08. The topological polar surface area (TPSA) is 55.1 Å². The number of hydrogen-bond donors (Lipinski definition) is 2. The molecule has 0 fully saturated rings. The molecule has 5 heteroatoms. The Morgan fingerprint density at radius 1 is 1.59 bits per heavy atom. The summed E-state index contributed by atoms with van der Waals surface area (Å²) in [5.74, 6) is -0.175. The van der Waals surface area contributed by atoms with Crippen LogP contribution in [0, 0.1) is 0 Å². The Morgan fingerprint density at radius 2 is 2.29 bits per heavy atom. The summed E-state index contributed by atoms with van der Waals surface area (Å²) >= 11 is 9.30. The van der Waals surface area contributed by atoms with Crippen molar-refractivity contribution < 1.29 is 4.79 Å². The Kier molecular flexibility index (Phi) is 5.95. The van der Waals surface area contributed by atoms with Crippen LogP contribution < -0.4 is 11.1 Å². The number of nitrogens with two attached hydrogens (primary N) is 1. The molecule has 0 bridgehead atoms. The molecule has 1 atom stereocenters. The molecule has 0 aliphatic rings. The van der Waals surface area contributed by atoms with Crippen LogP contribution in [0.2, 0.25) is 5.02 Å². The molecule has 17 heavy (non-hydrogen) atoms. The van der Waals surface area contributed by atoms with Gasteiger partial charge in [-0.15, -0.1) is 0 Å². The SMILES string of the molecule is CCCC(CN)NC(=O)c1ccc(Br)cc1Cl. The summed E-state index contributed by atoms with van der Waals surface area (Å²) in [6.45, 7) is 2.50. The Bertz CT molecular complexity index is 398. The van der Waals surface area contributed by atoms with Crippen molar-refractivity contribution in [3.05, 3.63) is 33.3 Å². The predicted octanol–water partition coefficient (Wildman–Crippen LogP) is 2.96. The smallest absolute Gasteiger partial charge is 0.253 e. The summed E-state index contributed by atoms with van der Waals surface area (Å²) in [4.78, 5) is 12.0. The van der Waals surface area contributed by atoms with Crippen LogP contribution in [0.4, 0.5) is 0 Å². The van der Waals surface area contributed by atoms with Crippen LogP contribution in [0.5, 0.6) is 0 Å². The van der Waals surface area contributed by atoms with Crippen LogP contribution in [-0.4, -0.2) is 18.5 Å².